The van der Waals surface area contributed by atoms with Crippen LogP contribution in [0.15, 0.2) is 30.3 Å². The average molecular weight is 446 g/mol. The molecule has 3 rings (SSSR count). The van der Waals surface area contributed by atoms with Crippen molar-refractivity contribution in [3.05, 3.63) is 35.9 Å². The van der Waals surface area contributed by atoms with Crippen molar-refractivity contribution < 1.29 is 24.2 Å². The molecule has 2 saturated heterocycles. The number of hydrogen-bond donors (Lipinski definition) is 2. The van der Waals surface area contributed by atoms with Crippen LogP contribution in [0, 0.1) is 10.8 Å². The van der Waals surface area contributed by atoms with Crippen LogP contribution in [0.25, 0.3) is 0 Å². The van der Waals surface area contributed by atoms with Gasteiger partial charge in [0.05, 0.1) is 11.6 Å². The molecule has 3 atom stereocenters. The van der Waals surface area contributed by atoms with Gasteiger partial charge in [0, 0.05) is 13.1 Å². The first-order valence-electron chi connectivity index (χ1n) is 11.0. The first-order chi connectivity index (χ1) is 14.8. The fourth-order valence-corrected chi connectivity index (χ4v) is 4.88. The molecule has 0 spiro atoms. The summed E-state index contributed by atoms with van der Waals surface area (Å²) in [5.74, 6) is -0.199. The van der Waals surface area contributed by atoms with Crippen molar-refractivity contribution in [2.45, 2.75) is 72.2 Å². The Balaban J connectivity index is 1.74. The van der Waals surface area contributed by atoms with Gasteiger partial charge in [-0.2, -0.15) is 0 Å². The number of fused-ring (bicyclic) bond motifs is 2. The Morgan fingerprint density at radius 2 is 1.78 bits per heavy atom. The minimum Gasteiger partial charge on any atom is -0.465 e. The van der Waals surface area contributed by atoms with E-state index in [4.69, 9.17) is 4.74 Å². The number of likely N-dealkylation sites (tertiary alicyclic amines) is 2. The summed E-state index contributed by atoms with van der Waals surface area (Å²) in [6.45, 7) is 12.4. The minimum atomic E-state index is -0.954. The number of amides is 3. The van der Waals surface area contributed by atoms with E-state index >= 15 is 0 Å². The van der Waals surface area contributed by atoms with Crippen molar-refractivity contribution in [1.29, 1.82) is 0 Å². The van der Waals surface area contributed by atoms with Crippen LogP contribution >= 0.6 is 0 Å². The lowest BCUT2D eigenvalue weighted by atomic mass is 9.73. The molecule has 2 heterocycles. The number of carbonyl (C=O) groups excluding carboxylic acids is 2. The Labute approximate surface area is 189 Å². The number of ether oxygens (including phenoxy) is 1. The minimum absolute atomic E-state index is 0.116. The summed E-state index contributed by atoms with van der Waals surface area (Å²) in [6.07, 6.45) is -1.00. The van der Waals surface area contributed by atoms with Gasteiger partial charge in [0.15, 0.2) is 0 Å². The normalized spacial score (nSPS) is 23.8. The number of hydrogen-bond acceptors (Lipinski definition) is 4. The van der Waals surface area contributed by atoms with Gasteiger partial charge in [0.2, 0.25) is 5.91 Å². The Kier molecular flexibility index (Phi) is 6.19. The number of nitrogens with one attached hydrogen (secondary N) is 1. The third-order valence-electron chi connectivity index (χ3n) is 6.85. The van der Waals surface area contributed by atoms with Gasteiger partial charge in [-0.1, -0.05) is 71.9 Å². The lowest BCUT2D eigenvalue weighted by molar-refractivity contribution is -0.140. The van der Waals surface area contributed by atoms with Gasteiger partial charge in [-0.05, 0) is 22.8 Å². The van der Waals surface area contributed by atoms with Gasteiger partial charge in [-0.3, -0.25) is 9.69 Å². The van der Waals surface area contributed by atoms with E-state index in [2.05, 4.69) is 5.32 Å². The smallest absolute Gasteiger partial charge is 0.408 e. The molecule has 32 heavy (non-hydrogen) atoms. The molecule has 2 aliphatic rings. The number of carboxylic acid groups (broad SMARTS) is 1. The molecule has 0 unspecified atom stereocenters. The predicted octanol–water partition coefficient (Wildman–Crippen LogP) is 3.71. The van der Waals surface area contributed by atoms with Crippen LogP contribution in [0.2, 0.25) is 0 Å². The lowest BCUT2D eigenvalue weighted by Crippen LogP contribution is -2.65. The molecule has 0 radical (unpaired) electrons. The molecule has 3 amide bonds. The maximum atomic E-state index is 13.6. The summed E-state index contributed by atoms with van der Waals surface area (Å²) in [7, 11) is 0. The molecule has 2 fully saturated rings. The van der Waals surface area contributed by atoms with E-state index in [-0.39, 0.29) is 30.5 Å². The first kappa shape index (κ1) is 23.9. The number of piperazine rings is 1. The summed E-state index contributed by atoms with van der Waals surface area (Å²) in [5.41, 5.74) is -0.672. The lowest BCUT2D eigenvalue weighted by Gasteiger charge is -2.49. The Morgan fingerprint density at radius 3 is 2.31 bits per heavy atom. The molecule has 0 aliphatic carbocycles. The largest absolute Gasteiger partial charge is 0.465 e. The summed E-state index contributed by atoms with van der Waals surface area (Å²) in [5, 5.41) is 12.5. The van der Waals surface area contributed by atoms with Gasteiger partial charge < -0.3 is 20.1 Å². The van der Waals surface area contributed by atoms with Crippen LogP contribution in [0.3, 0.4) is 0 Å². The molecule has 0 aromatic heterocycles. The average Bonchev–Trinajstić information content (AvgIpc) is 3.28. The molecule has 8 heteroatoms. The quantitative estimate of drug-likeness (QED) is 0.736. The second-order valence-electron chi connectivity index (χ2n) is 11.0. The van der Waals surface area contributed by atoms with E-state index in [0.717, 1.165) is 5.56 Å². The predicted molar refractivity (Wildman–Crippen MR) is 120 cm³/mol. The molecule has 2 aliphatic heterocycles. The van der Waals surface area contributed by atoms with Crippen LogP contribution in [0.4, 0.5) is 9.59 Å². The van der Waals surface area contributed by atoms with E-state index in [1.807, 2.05) is 71.9 Å². The van der Waals surface area contributed by atoms with E-state index in [9.17, 15) is 19.5 Å². The fraction of sp³-hybridized carbons (Fsp3) is 0.625. The zero-order chi connectivity index (χ0) is 23.9. The standard InChI is InChI=1S/C24H35N3O5/c1-22(2,3)18(25-20(29)32-14-16-10-8-7-9-11-16)19(28)26-15-24(23(4,5)6)12-17(26)13-27(24)21(30)31/h7-11,17-18H,12-15H2,1-6H3,(H,25,29)(H,30,31)/t17-,18+,24+/m0/s1. The Morgan fingerprint density at radius 1 is 1.16 bits per heavy atom. The van der Waals surface area contributed by atoms with Gasteiger partial charge in [-0.25, -0.2) is 9.59 Å². The molecule has 8 nitrogen and oxygen atoms in total. The van der Waals surface area contributed by atoms with Crippen LogP contribution in [0.5, 0.6) is 0 Å². The maximum absolute atomic E-state index is 13.6. The maximum Gasteiger partial charge on any atom is 0.408 e. The number of carbonyl (C=O) groups is 3. The van der Waals surface area contributed by atoms with Gasteiger partial charge in [0.1, 0.15) is 12.6 Å². The van der Waals surface area contributed by atoms with Gasteiger partial charge >= 0.3 is 12.2 Å². The van der Waals surface area contributed by atoms with Crippen molar-refractivity contribution in [3.63, 3.8) is 0 Å². The highest BCUT2D eigenvalue weighted by Gasteiger charge is 2.63. The summed E-state index contributed by atoms with van der Waals surface area (Å²) < 4.78 is 5.34. The molecular formula is C24H35N3O5. The van der Waals surface area contributed by atoms with Gasteiger partial charge in [-0.15, -0.1) is 0 Å². The van der Waals surface area contributed by atoms with E-state index in [0.29, 0.717) is 13.0 Å². The SMILES string of the molecule is CC(C)(C)[C@H](NC(=O)OCc1ccccc1)C(=O)N1C[C@@]2(C(C)(C)C)C[C@H]1CN2C(=O)O. The second-order valence-corrected chi connectivity index (χ2v) is 11.0. The summed E-state index contributed by atoms with van der Waals surface area (Å²) in [4.78, 5) is 41.3. The number of rotatable bonds is 4. The van der Waals surface area contributed by atoms with E-state index in [1.54, 1.807) is 4.90 Å². The second kappa shape index (κ2) is 8.30. The number of benzene rings is 1. The fourth-order valence-electron chi connectivity index (χ4n) is 4.88. The van der Waals surface area contributed by atoms with E-state index in [1.165, 1.54) is 4.90 Å². The zero-order valence-electron chi connectivity index (χ0n) is 19.8. The van der Waals surface area contributed by atoms with Crippen molar-refractivity contribution in [2.75, 3.05) is 13.1 Å². The van der Waals surface area contributed by atoms with Crippen LogP contribution in [-0.2, 0) is 16.1 Å². The molecule has 2 N–H and O–H groups in total. The number of nitrogens with zero attached hydrogens (tertiary/aromatic N) is 2. The third-order valence-corrected chi connectivity index (χ3v) is 6.85. The molecule has 2 bridgehead atoms. The van der Waals surface area contributed by atoms with Crippen LogP contribution in [-0.4, -0.2) is 63.7 Å². The highest BCUT2D eigenvalue weighted by molar-refractivity contribution is 5.87. The number of alkyl carbamates (subject to hydrolysis) is 1. The summed E-state index contributed by atoms with van der Waals surface area (Å²) >= 11 is 0. The van der Waals surface area contributed by atoms with Crippen LogP contribution < -0.4 is 5.32 Å². The van der Waals surface area contributed by atoms with Crippen LogP contribution in [0.1, 0.15) is 53.5 Å². The highest BCUT2D eigenvalue weighted by atomic mass is 16.5. The Hall–Kier alpha value is -2.77. The van der Waals surface area contributed by atoms with Crippen molar-refractivity contribution in [3.8, 4) is 0 Å². The molecule has 1 aromatic rings. The topological polar surface area (TPSA) is 99.2 Å². The molecule has 176 valence electrons. The monoisotopic (exact) mass is 445 g/mol. The third kappa shape index (κ3) is 4.40. The Bertz CT molecular complexity index is 874. The molecule has 0 saturated carbocycles. The van der Waals surface area contributed by atoms with Crippen molar-refractivity contribution in [2.24, 2.45) is 10.8 Å². The molecular weight excluding hydrogens is 410 g/mol. The van der Waals surface area contributed by atoms with E-state index < -0.39 is 29.2 Å². The van der Waals surface area contributed by atoms with Crippen molar-refractivity contribution >= 4 is 18.1 Å². The molecule has 1 aromatic carbocycles. The van der Waals surface area contributed by atoms with Gasteiger partial charge in [0.25, 0.3) is 0 Å². The zero-order valence-corrected chi connectivity index (χ0v) is 19.8. The summed E-state index contributed by atoms with van der Waals surface area (Å²) in [6, 6.07) is 8.35. The highest BCUT2D eigenvalue weighted by Crippen LogP contribution is 2.50. The first-order valence-corrected chi connectivity index (χ1v) is 11.0. The van der Waals surface area contributed by atoms with Crippen molar-refractivity contribution in [1.82, 2.24) is 15.1 Å².